The van der Waals surface area contributed by atoms with Crippen molar-refractivity contribution in [3.63, 3.8) is 0 Å². The summed E-state index contributed by atoms with van der Waals surface area (Å²) >= 11 is 0. The molecule has 0 bridgehead atoms. The van der Waals surface area contributed by atoms with E-state index >= 15 is 0 Å². The second-order valence-corrected chi connectivity index (χ2v) is 2.89. The topological polar surface area (TPSA) is 3.88 Å². The molecule has 0 aliphatic rings. The van der Waals surface area contributed by atoms with Crippen LogP contribution in [0.5, 0.6) is 0 Å². The van der Waals surface area contributed by atoms with Gasteiger partial charge in [0.05, 0.1) is 0 Å². The maximum atomic E-state index is 3.07. The molecule has 0 aliphatic carbocycles. The molecule has 2 rings (SSSR count). The highest BCUT2D eigenvalue weighted by atomic mass is 14.9. The highest BCUT2D eigenvalue weighted by Crippen LogP contribution is 1.93. The minimum Gasteiger partial charge on any atom is -0.118 e. The van der Waals surface area contributed by atoms with Gasteiger partial charge in [0.1, 0.15) is 0 Å². The van der Waals surface area contributed by atoms with E-state index in [0.717, 1.165) is 5.56 Å². The van der Waals surface area contributed by atoms with Gasteiger partial charge in [-0.3, -0.25) is 0 Å². The first-order valence-corrected chi connectivity index (χ1v) is 4.48. The van der Waals surface area contributed by atoms with Crippen molar-refractivity contribution in [3.8, 4) is 12.0 Å². The largest absolute Gasteiger partial charge is 0.234 e. The molecule has 14 heavy (non-hydrogen) atoms. The Labute approximate surface area is 83.6 Å². The molecule has 0 spiro atoms. The van der Waals surface area contributed by atoms with Crippen LogP contribution < -0.4 is 4.57 Å². The van der Waals surface area contributed by atoms with Gasteiger partial charge in [-0.1, -0.05) is 24.3 Å². The minimum absolute atomic E-state index is 1.03. The summed E-state index contributed by atoms with van der Waals surface area (Å²) in [6, 6.07) is 18.9. The standard InChI is InChI=1S/C13H10N/c1-3-7-13(8-4-1)9-12-14-10-5-2-6-11-14/h1-8,10-11H/q+1. The van der Waals surface area contributed by atoms with Gasteiger partial charge >= 0.3 is 0 Å². The van der Waals surface area contributed by atoms with E-state index in [1.54, 1.807) is 0 Å². The van der Waals surface area contributed by atoms with Crippen molar-refractivity contribution in [1.29, 1.82) is 0 Å². The average molecular weight is 180 g/mol. The second kappa shape index (κ2) is 4.25. The maximum Gasteiger partial charge on any atom is 0.234 e. The van der Waals surface area contributed by atoms with E-state index in [9.17, 15) is 0 Å². The molecule has 2 aromatic rings. The molecule has 0 atom stereocenters. The lowest BCUT2D eigenvalue weighted by molar-refractivity contribution is -0.583. The molecule has 66 valence electrons. The van der Waals surface area contributed by atoms with Gasteiger partial charge in [-0.15, -0.1) is 4.57 Å². The van der Waals surface area contributed by atoms with E-state index in [1.165, 1.54) is 0 Å². The first-order valence-electron chi connectivity index (χ1n) is 4.48. The molecule has 0 unspecified atom stereocenters. The van der Waals surface area contributed by atoms with Gasteiger partial charge in [0, 0.05) is 23.6 Å². The zero-order valence-corrected chi connectivity index (χ0v) is 7.72. The normalized spacial score (nSPS) is 8.86. The number of benzene rings is 1. The molecule has 1 aromatic carbocycles. The number of nitrogens with zero attached hydrogens (tertiary/aromatic N) is 1. The van der Waals surface area contributed by atoms with E-state index in [4.69, 9.17) is 0 Å². The Morgan fingerprint density at radius 3 is 2.14 bits per heavy atom. The van der Waals surface area contributed by atoms with Crippen LogP contribution in [0.2, 0.25) is 0 Å². The van der Waals surface area contributed by atoms with Gasteiger partial charge < -0.3 is 0 Å². The van der Waals surface area contributed by atoms with Crippen molar-refractivity contribution < 1.29 is 4.57 Å². The second-order valence-electron chi connectivity index (χ2n) is 2.89. The fourth-order valence-electron chi connectivity index (χ4n) is 1.12. The zero-order valence-electron chi connectivity index (χ0n) is 7.72. The number of hydrogen-bond donors (Lipinski definition) is 0. The van der Waals surface area contributed by atoms with Gasteiger partial charge in [-0.25, -0.2) is 0 Å². The third kappa shape index (κ3) is 2.21. The Kier molecular flexibility index (Phi) is 2.59. The lowest BCUT2D eigenvalue weighted by atomic mass is 10.2. The lowest BCUT2D eigenvalue weighted by Crippen LogP contribution is -2.25. The summed E-state index contributed by atoms with van der Waals surface area (Å²) in [6.45, 7) is 0. The number of rotatable bonds is 0. The van der Waals surface area contributed by atoms with Crippen molar-refractivity contribution in [2.45, 2.75) is 0 Å². The monoisotopic (exact) mass is 180 g/mol. The summed E-state index contributed by atoms with van der Waals surface area (Å²) in [5, 5.41) is 0. The quantitative estimate of drug-likeness (QED) is 0.430. The zero-order chi connectivity index (χ0) is 9.64. The van der Waals surface area contributed by atoms with Crippen LogP contribution in [-0.2, 0) is 0 Å². The Hall–Kier alpha value is -2.07. The van der Waals surface area contributed by atoms with E-state index in [1.807, 2.05) is 65.5 Å². The summed E-state index contributed by atoms with van der Waals surface area (Å²) in [6.07, 6.45) is 3.85. The summed E-state index contributed by atoms with van der Waals surface area (Å²) < 4.78 is 1.84. The summed E-state index contributed by atoms with van der Waals surface area (Å²) in [5.41, 5.74) is 1.03. The molecule has 0 saturated carbocycles. The van der Waals surface area contributed by atoms with Gasteiger partial charge in [0.25, 0.3) is 0 Å². The molecular formula is C13H10N+. The molecule has 1 aromatic heterocycles. The van der Waals surface area contributed by atoms with Crippen LogP contribution >= 0.6 is 0 Å². The Bertz CT molecular complexity index is 405. The Balaban J connectivity index is 2.24. The van der Waals surface area contributed by atoms with Crippen LogP contribution in [0, 0.1) is 12.0 Å². The van der Waals surface area contributed by atoms with Crippen molar-refractivity contribution in [2.24, 2.45) is 0 Å². The summed E-state index contributed by atoms with van der Waals surface area (Å²) in [5.74, 6) is 3.07. The predicted octanol–water partition coefficient (Wildman–Crippen LogP) is 1.83. The van der Waals surface area contributed by atoms with E-state index in [0.29, 0.717) is 0 Å². The lowest BCUT2D eigenvalue weighted by Gasteiger charge is -1.84. The van der Waals surface area contributed by atoms with Crippen molar-refractivity contribution in [3.05, 3.63) is 66.5 Å². The predicted molar refractivity (Wildman–Crippen MR) is 55.4 cm³/mol. The van der Waals surface area contributed by atoms with Gasteiger partial charge in [-0.2, -0.15) is 0 Å². The van der Waals surface area contributed by atoms with Crippen molar-refractivity contribution in [2.75, 3.05) is 0 Å². The number of pyridine rings is 1. The van der Waals surface area contributed by atoms with Crippen molar-refractivity contribution >= 4 is 0 Å². The number of hydrogen-bond acceptors (Lipinski definition) is 0. The van der Waals surface area contributed by atoms with Gasteiger partial charge in [0.2, 0.25) is 6.04 Å². The molecule has 0 fully saturated rings. The molecule has 1 heterocycles. The third-order valence-corrected chi connectivity index (χ3v) is 1.82. The smallest absolute Gasteiger partial charge is 0.118 e. The SMILES string of the molecule is C(#C[n+]1ccccc1)c1ccccc1. The highest BCUT2D eigenvalue weighted by molar-refractivity contribution is 5.31. The first-order chi connectivity index (χ1) is 6.95. The first kappa shape index (κ1) is 8.52. The van der Waals surface area contributed by atoms with Crippen molar-refractivity contribution in [1.82, 2.24) is 0 Å². The van der Waals surface area contributed by atoms with Crippen LogP contribution in [0.4, 0.5) is 0 Å². The maximum absolute atomic E-state index is 3.07. The summed E-state index contributed by atoms with van der Waals surface area (Å²) in [4.78, 5) is 0. The van der Waals surface area contributed by atoms with Gasteiger partial charge in [0.15, 0.2) is 12.4 Å². The van der Waals surface area contributed by atoms with E-state index < -0.39 is 0 Å². The molecule has 1 nitrogen and oxygen atoms in total. The third-order valence-electron chi connectivity index (χ3n) is 1.82. The fraction of sp³-hybridized carbons (Fsp3) is 0. The summed E-state index contributed by atoms with van der Waals surface area (Å²) in [7, 11) is 0. The molecule has 1 heteroatoms. The molecule has 0 N–H and O–H groups in total. The fourth-order valence-corrected chi connectivity index (χ4v) is 1.12. The molecule has 0 saturated heterocycles. The minimum atomic E-state index is 1.03. The molecule has 0 radical (unpaired) electrons. The van der Waals surface area contributed by atoms with Crippen LogP contribution in [0.15, 0.2) is 60.9 Å². The molecule has 0 aliphatic heterocycles. The van der Waals surface area contributed by atoms with E-state index in [-0.39, 0.29) is 0 Å². The average Bonchev–Trinajstić information content (AvgIpc) is 2.29. The van der Waals surface area contributed by atoms with Crippen LogP contribution in [-0.4, -0.2) is 0 Å². The Morgan fingerprint density at radius 2 is 1.43 bits per heavy atom. The van der Waals surface area contributed by atoms with Gasteiger partial charge in [-0.05, 0) is 12.1 Å². The molecular weight excluding hydrogens is 170 g/mol. The van der Waals surface area contributed by atoms with Crippen LogP contribution in [0.3, 0.4) is 0 Å². The van der Waals surface area contributed by atoms with E-state index in [2.05, 4.69) is 12.0 Å². The highest BCUT2D eigenvalue weighted by Gasteiger charge is 1.89. The van der Waals surface area contributed by atoms with Crippen LogP contribution in [0.25, 0.3) is 0 Å². The van der Waals surface area contributed by atoms with Crippen LogP contribution in [0.1, 0.15) is 5.56 Å². The number of aromatic nitrogens is 1. The molecule has 0 amide bonds. The Morgan fingerprint density at radius 1 is 0.786 bits per heavy atom.